The Bertz CT molecular complexity index is 1150. The summed E-state index contributed by atoms with van der Waals surface area (Å²) in [5.74, 6) is 0.280. The molecule has 0 atom stereocenters. The summed E-state index contributed by atoms with van der Waals surface area (Å²) < 4.78 is 0. The van der Waals surface area contributed by atoms with Crippen LogP contribution < -0.4 is 5.32 Å². The van der Waals surface area contributed by atoms with E-state index in [1.54, 1.807) is 0 Å². The van der Waals surface area contributed by atoms with Crippen molar-refractivity contribution in [1.29, 1.82) is 0 Å². The quantitative estimate of drug-likeness (QED) is 0.278. The minimum Gasteiger partial charge on any atom is -0.343 e. The van der Waals surface area contributed by atoms with Crippen molar-refractivity contribution in [3.8, 4) is 11.1 Å². The monoisotopic (exact) mass is 493 g/mol. The SMILES string of the molecule is C=CCCCC(=O)N1CCC(c2nc(C(=O)Nc3ccccc3-c3ccc(Cl)cc3)cs2)CC1. The van der Waals surface area contributed by atoms with E-state index in [-0.39, 0.29) is 17.7 Å². The van der Waals surface area contributed by atoms with Gasteiger partial charge >= 0.3 is 0 Å². The second kappa shape index (κ2) is 11.4. The third kappa shape index (κ3) is 5.93. The predicted molar refractivity (Wildman–Crippen MR) is 140 cm³/mol. The summed E-state index contributed by atoms with van der Waals surface area (Å²) in [6.45, 7) is 5.20. The van der Waals surface area contributed by atoms with Gasteiger partial charge in [0.1, 0.15) is 5.69 Å². The molecule has 1 aliphatic rings. The zero-order valence-corrected chi connectivity index (χ0v) is 20.6. The molecule has 7 heteroatoms. The van der Waals surface area contributed by atoms with Crippen LogP contribution in [0.15, 0.2) is 66.6 Å². The minimum atomic E-state index is -0.223. The fraction of sp³-hybridized carbons (Fsp3) is 0.296. The molecule has 176 valence electrons. The normalized spacial score (nSPS) is 14.1. The number of aromatic nitrogens is 1. The Balaban J connectivity index is 1.37. The molecule has 1 aromatic heterocycles. The Morgan fingerprint density at radius 2 is 1.88 bits per heavy atom. The van der Waals surface area contributed by atoms with E-state index in [0.717, 1.165) is 60.6 Å². The lowest BCUT2D eigenvalue weighted by Crippen LogP contribution is -2.37. The number of thiazole rings is 1. The van der Waals surface area contributed by atoms with Crippen molar-refractivity contribution in [2.45, 2.75) is 38.0 Å². The van der Waals surface area contributed by atoms with Crippen LogP contribution >= 0.6 is 22.9 Å². The summed E-state index contributed by atoms with van der Waals surface area (Å²) in [6.07, 6.45) is 5.91. The lowest BCUT2D eigenvalue weighted by atomic mass is 9.97. The van der Waals surface area contributed by atoms with Gasteiger partial charge in [-0.25, -0.2) is 4.98 Å². The zero-order valence-electron chi connectivity index (χ0n) is 19.0. The fourth-order valence-corrected chi connectivity index (χ4v) is 5.27. The van der Waals surface area contributed by atoms with Crippen molar-refractivity contribution in [2.24, 2.45) is 0 Å². The van der Waals surface area contributed by atoms with Gasteiger partial charge in [0.15, 0.2) is 0 Å². The van der Waals surface area contributed by atoms with Gasteiger partial charge in [0.2, 0.25) is 5.91 Å². The molecule has 2 heterocycles. The number of halogens is 1. The number of para-hydroxylation sites is 1. The Morgan fingerprint density at radius 1 is 1.15 bits per heavy atom. The van der Waals surface area contributed by atoms with E-state index >= 15 is 0 Å². The van der Waals surface area contributed by atoms with Gasteiger partial charge in [-0.2, -0.15) is 0 Å². The molecule has 5 nitrogen and oxygen atoms in total. The maximum absolute atomic E-state index is 13.0. The first-order chi connectivity index (χ1) is 16.5. The fourth-order valence-electron chi connectivity index (χ4n) is 4.17. The van der Waals surface area contributed by atoms with E-state index in [1.807, 2.05) is 64.9 Å². The van der Waals surface area contributed by atoms with Crippen molar-refractivity contribution in [2.75, 3.05) is 18.4 Å². The van der Waals surface area contributed by atoms with Gasteiger partial charge in [0, 0.05) is 47.1 Å². The molecule has 3 aromatic rings. The van der Waals surface area contributed by atoms with Crippen LogP contribution in [0.25, 0.3) is 11.1 Å². The number of likely N-dealkylation sites (tertiary alicyclic amines) is 1. The number of hydrogen-bond acceptors (Lipinski definition) is 4. The van der Waals surface area contributed by atoms with Gasteiger partial charge < -0.3 is 10.2 Å². The predicted octanol–water partition coefficient (Wildman–Crippen LogP) is 6.78. The molecule has 0 aliphatic carbocycles. The molecule has 4 rings (SSSR count). The lowest BCUT2D eigenvalue weighted by Gasteiger charge is -2.31. The number of unbranched alkanes of at least 4 members (excludes halogenated alkanes) is 1. The van der Waals surface area contributed by atoms with E-state index in [4.69, 9.17) is 11.6 Å². The molecular formula is C27H28ClN3O2S. The number of allylic oxidation sites excluding steroid dienone is 1. The second-order valence-electron chi connectivity index (χ2n) is 8.41. The third-order valence-electron chi connectivity index (χ3n) is 6.08. The highest BCUT2D eigenvalue weighted by atomic mass is 35.5. The van der Waals surface area contributed by atoms with Crippen LogP contribution in [0.1, 0.15) is 53.5 Å². The maximum atomic E-state index is 13.0. The van der Waals surface area contributed by atoms with Gasteiger partial charge in [-0.3, -0.25) is 9.59 Å². The summed E-state index contributed by atoms with van der Waals surface area (Å²) >= 11 is 7.54. The highest BCUT2D eigenvalue weighted by Crippen LogP contribution is 2.32. The average molecular weight is 494 g/mol. The van der Waals surface area contributed by atoms with Gasteiger partial charge in [0.25, 0.3) is 5.91 Å². The maximum Gasteiger partial charge on any atom is 0.275 e. The van der Waals surface area contributed by atoms with Gasteiger partial charge in [-0.15, -0.1) is 17.9 Å². The van der Waals surface area contributed by atoms with Crippen LogP contribution in [-0.2, 0) is 4.79 Å². The molecule has 0 bridgehead atoms. The number of anilines is 1. The molecule has 2 amide bonds. The zero-order chi connectivity index (χ0) is 23.9. The Kier molecular flexibility index (Phi) is 8.14. The van der Waals surface area contributed by atoms with E-state index in [1.165, 1.54) is 11.3 Å². The second-order valence-corrected chi connectivity index (χ2v) is 9.74. The number of nitrogens with one attached hydrogen (secondary N) is 1. The van der Waals surface area contributed by atoms with Crippen LogP contribution in [0, 0.1) is 0 Å². The molecule has 0 unspecified atom stereocenters. The number of amides is 2. The summed E-state index contributed by atoms with van der Waals surface area (Å²) in [7, 11) is 0. The first kappa shape index (κ1) is 24.2. The van der Waals surface area contributed by atoms with Crippen molar-refractivity contribution in [3.63, 3.8) is 0 Å². The van der Waals surface area contributed by atoms with Crippen LogP contribution in [0.3, 0.4) is 0 Å². The Morgan fingerprint density at radius 3 is 2.62 bits per heavy atom. The first-order valence-corrected chi connectivity index (χ1v) is 12.8. The minimum absolute atomic E-state index is 0.221. The van der Waals surface area contributed by atoms with Crippen molar-refractivity contribution in [3.05, 3.63) is 82.3 Å². The summed E-state index contributed by atoms with van der Waals surface area (Å²) in [4.78, 5) is 31.9. The molecule has 1 fully saturated rings. The molecule has 0 spiro atoms. The highest BCUT2D eigenvalue weighted by molar-refractivity contribution is 7.10. The number of benzene rings is 2. The molecule has 1 saturated heterocycles. The van der Waals surface area contributed by atoms with E-state index in [2.05, 4.69) is 16.9 Å². The van der Waals surface area contributed by atoms with Crippen molar-refractivity contribution < 1.29 is 9.59 Å². The van der Waals surface area contributed by atoms with E-state index in [0.29, 0.717) is 17.1 Å². The standard InChI is InChI=1S/C27H28ClN3O2S/c1-2-3-4-9-25(32)31-16-14-20(15-17-31)27-30-24(18-34-27)26(33)29-23-8-6-5-7-22(23)19-10-12-21(28)13-11-19/h2,5-8,10-13,18,20H,1,3-4,9,14-17H2,(H,29,33). The average Bonchev–Trinajstić information content (AvgIpc) is 3.36. The molecular weight excluding hydrogens is 466 g/mol. The molecule has 0 saturated carbocycles. The molecule has 1 N–H and O–H groups in total. The Labute approximate surface area is 209 Å². The third-order valence-corrected chi connectivity index (χ3v) is 7.34. The number of rotatable bonds is 8. The van der Waals surface area contributed by atoms with E-state index in [9.17, 15) is 9.59 Å². The smallest absolute Gasteiger partial charge is 0.275 e. The topological polar surface area (TPSA) is 62.3 Å². The van der Waals surface area contributed by atoms with Gasteiger partial charge in [-0.1, -0.05) is 48.0 Å². The lowest BCUT2D eigenvalue weighted by molar-refractivity contribution is -0.132. The number of nitrogens with zero attached hydrogens (tertiary/aromatic N) is 2. The number of hydrogen-bond donors (Lipinski definition) is 1. The van der Waals surface area contributed by atoms with Gasteiger partial charge in [-0.05, 0) is 49.4 Å². The Hall–Kier alpha value is -2.96. The van der Waals surface area contributed by atoms with E-state index < -0.39 is 0 Å². The largest absolute Gasteiger partial charge is 0.343 e. The van der Waals surface area contributed by atoms with Crippen LogP contribution in [-0.4, -0.2) is 34.8 Å². The molecule has 34 heavy (non-hydrogen) atoms. The van der Waals surface area contributed by atoms with Crippen molar-refractivity contribution >= 4 is 40.4 Å². The molecule has 0 radical (unpaired) electrons. The number of piperidine rings is 1. The van der Waals surface area contributed by atoms with Gasteiger partial charge in [0.05, 0.1) is 5.01 Å². The number of carbonyl (C=O) groups excluding carboxylic acids is 2. The summed E-state index contributed by atoms with van der Waals surface area (Å²) in [6, 6.07) is 15.2. The highest BCUT2D eigenvalue weighted by Gasteiger charge is 2.26. The summed E-state index contributed by atoms with van der Waals surface area (Å²) in [5, 5.41) is 6.47. The van der Waals surface area contributed by atoms with Crippen LogP contribution in [0.5, 0.6) is 0 Å². The number of carbonyl (C=O) groups is 2. The van der Waals surface area contributed by atoms with Crippen molar-refractivity contribution in [1.82, 2.24) is 9.88 Å². The first-order valence-electron chi connectivity index (χ1n) is 11.6. The van der Waals surface area contributed by atoms with Crippen LogP contribution in [0.2, 0.25) is 5.02 Å². The molecule has 2 aromatic carbocycles. The van der Waals surface area contributed by atoms with Crippen LogP contribution in [0.4, 0.5) is 5.69 Å². The summed E-state index contributed by atoms with van der Waals surface area (Å²) in [5.41, 5.74) is 3.06. The molecule has 1 aliphatic heterocycles.